The zero-order valence-corrected chi connectivity index (χ0v) is 12.5. The van der Waals surface area contributed by atoms with Gasteiger partial charge in [-0.05, 0) is 60.5 Å². The lowest BCUT2D eigenvalue weighted by atomic mass is 9.85. The van der Waals surface area contributed by atoms with Crippen LogP contribution in [0, 0.1) is 47.3 Å². The molecule has 8 atom stereocenters. The fourth-order valence-corrected chi connectivity index (χ4v) is 5.68. The molecular weight excluding hydrogens is 272 g/mol. The molecule has 0 aliphatic heterocycles. The zero-order chi connectivity index (χ0) is 14.8. The van der Waals surface area contributed by atoms with Crippen LogP contribution in [-0.2, 0) is 9.59 Å². The van der Waals surface area contributed by atoms with E-state index in [0.29, 0.717) is 58.9 Å². The summed E-state index contributed by atoms with van der Waals surface area (Å²) in [6.45, 7) is 0. The molecule has 0 aromatic heterocycles. The first kappa shape index (κ1) is 12.8. The molecule has 0 amide bonds. The minimum Gasteiger partial charge on any atom is -0.295 e. The molecule has 0 N–H and O–H groups in total. The summed E-state index contributed by atoms with van der Waals surface area (Å²) in [5, 5.41) is 0. The van der Waals surface area contributed by atoms with Crippen LogP contribution < -0.4 is 0 Å². The molecule has 22 heavy (non-hydrogen) atoms. The van der Waals surface area contributed by atoms with Crippen LogP contribution in [0.25, 0.3) is 0 Å². The first-order valence-electron chi connectivity index (χ1n) is 8.53. The predicted molar refractivity (Wildman–Crippen MR) is 83.7 cm³/mol. The average Bonchev–Trinajstić information content (AvgIpc) is 3.30. The van der Waals surface area contributed by atoms with Gasteiger partial charge in [0.25, 0.3) is 0 Å². The number of ketones is 2. The van der Waals surface area contributed by atoms with E-state index >= 15 is 0 Å². The molecule has 0 unspecified atom stereocenters. The molecule has 0 saturated heterocycles. The smallest absolute Gasteiger partial charge is 0.159 e. The van der Waals surface area contributed by atoms with E-state index in [1.807, 2.05) is 0 Å². The fourth-order valence-electron chi connectivity index (χ4n) is 5.68. The number of carbonyl (C=O) groups is 2. The van der Waals surface area contributed by atoms with Crippen LogP contribution in [0.2, 0.25) is 0 Å². The van der Waals surface area contributed by atoms with Gasteiger partial charge in [-0.25, -0.2) is 0 Å². The van der Waals surface area contributed by atoms with Crippen molar-refractivity contribution in [3.63, 3.8) is 0 Å². The molecule has 2 fully saturated rings. The Labute approximate surface area is 130 Å². The molecule has 2 saturated carbocycles. The SMILES string of the molecule is O=C1C=C[C@@H]2[C@H]1[C@@H]1C=C[C@H]2C1.O=C1C=C[C@H]2[C@@H]1[C@H]1C=C[C@@H]2C1. The average molecular weight is 292 g/mol. The summed E-state index contributed by atoms with van der Waals surface area (Å²) in [6, 6.07) is 0. The molecule has 6 aliphatic rings. The van der Waals surface area contributed by atoms with Crippen LogP contribution in [-0.4, -0.2) is 11.6 Å². The van der Waals surface area contributed by atoms with Gasteiger partial charge >= 0.3 is 0 Å². The van der Waals surface area contributed by atoms with Gasteiger partial charge in [-0.2, -0.15) is 0 Å². The summed E-state index contributed by atoms with van der Waals surface area (Å²) in [4.78, 5) is 22.6. The van der Waals surface area contributed by atoms with Gasteiger partial charge in [0, 0.05) is 11.8 Å². The topological polar surface area (TPSA) is 34.1 Å². The van der Waals surface area contributed by atoms with E-state index in [4.69, 9.17) is 0 Å². The van der Waals surface area contributed by atoms with Crippen LogP contribution in [0.15, 0.2) is 48.6 Å². The lowest BCUT2D eigenvalue weighted by molar-refractivity contribution is -0.119. The van der Waals surface area contributed by atoms with Gasteiger partial charge in [-0.3, -0.25) is 9.59 Å². The standard InChI is InChI=1S/2C10H10O/c2*11-9-4-3-8-6-1-2-7(5-6)10(8)9/h2*1-4,6-8,10H,5H2/t2*6-,7+,8-,10+/m10/s1. The lowest BCUT2D eigenvalue weighted by Gasteiger charge is -2.17. The second kappa shape index (κ2) is 4.41. The lowest BCUT2D eigenvalue weighted by Crippen LogP contribution is -2.19. The van der Waals surface area contributed by atoms with Crippen molar-refractivity contribution >= 4 is 11.6 Å². The third-order valence-corrected chi connectivity index (χ3v) is 6.66. The molecule has 6 rings (SSSR count). The maximum absolute atomic E-state index is 11.3. The highest BCUT2D eigenvalue weighted by atomic mass is 16.1. The largest absolute Gasteiger partial charge is 0.295 e. The van der Waals surface area contributed by atoms with E-state index in [2.05, 4.69) is 36.5 Å². The summed E-state index contributed by atoms with van der Waals surface area (Å²) >= 11 is 0. The van der Waals surface area contributed by atoms with Crippen LogP contribution >= 0.6 is 0 Å². The number of allylic oxidation sites excluding steroid dienone is 8. The Morgan fingerprint density at radius 3 is 1.41 bits per heavy atom. The molecule has 0 heterocycles. The number of hydrogen-bond acceptors (Lipinski definition) is 2. The van der Waals surface area contributed by atoms with Crippen molar-refractivity contribution in [2.45, 2.75) is 12.8 Å². The third-order valence-electron chi connectivity index (χ3n) is 6.66. The number of carbonyl (C=O) groups excluding carboxylic acids is 2. The molecule has 0 aromatic carbocycles. The van der Waals surface area contributed by atoms with Crippen molar-refractivity contribution in [3.05, 3.63) is 48.6 Å². The van der Waals surface area contributed by atoms with Crippen molar-refractivity contribution in [3.8, 4) is 0 Å². The summed E-state index contributed by atoms with van der Waals surface area (Å²) < 4.78 is 0. The highest BCUT2D eigenvalue weighted by molar-refractivity contribution is 5.96. The molecule has 0 aromatic rings. The Balaban J connectivity index is 0.000000102. The molecule has 0 spiro atoms. The van der Waals surface area contributed by atoms with E-state index in [9.17, 15) is 9.59 Å². The first-order chi connectivity index (χ1) is 10.7. The Kier molecular flexibility index (Phi) is 2.56. The normalized spacial score (nSPS) is 50.7. The third kappa shape index (κ3) is 1.61. The maximum Gasteiger partial charge on any atom is 0.159 e. The molecule has 6 aliphatic carbocycles. The Morgan fingerprint density at radius 2 is 1.00 bits per heavy atom. The van der Waals surface area contributed by atoms with Gasteiger partial charge in [-0.1, -0.05) is 36.5 Å². The van der Waals surface area contributed by atoms with Gasteiger partial charge in [0.05, 0.1) is 0 Å². The second-order valence-electron chi connectivity index (χ2n) is 7.63. The highest BCUT2D eigenvalue weighted by Crippen LogP contribution is 2.52. The van der Waals surface area contributed by atoms with Crippen molar-refractivity contribution < 1.29 is 9.59 Å². The van der Waals surface area contributed by atoms with Gasteiger partial charge in [-0.15, -0.1) is 0 Å². The molecule has 2 nitrogen and oxygen atoms in total. The van der Waals surface area contributed by atoms with Crippen molar-refractivity contribution in [2.75, 3.05) is 0 Å². The number of rotatable bonds is 0. The van der Waals surface area contributed by atoms with Crippen LogP contribution in [0.4, 0.5) is 0 Å². The number of fused-ring (bicyclic) bond motifs is 10. The van der Waals surface area contributed by atoms with Crippen LogP contribution in [0.1, 0.15) is 12.8 Å². The van der Waals surface area contributed by atoms with E-state index in [1.165, 1.54) is 12.8 Å². The second-order valence-corrected chi connectivity index (χ2v) is 7.63. The van der Waals surface area contributed by atoms with Gasteiger partial charge in [0.1, 0.15) is 0 Å². The molecule has 2 heteroatoms. The Hall–Kier alpha value is -1.70. The van der Waals surface area contributed by atoms with Gasteiger partial charge in [0.15, 0.2) is 11.6 Å². The van der Waals surface area contributed by atoms with Gasteiger partial charge < -0.3 is 0 Å². The quantitative estimate of drug-likeness (QED) is 0.643. The predicted octanol–water partition coefficient (Wildman–Crippen LogP) is 3.13. The zero-order valence-electron chi connectivity index (χ0n) is 12.5. The van der Waals surface area contributed by atoms with E-state index < -0.39 is 0 Å². The highest BCUT2D eigenvalue weighted by Gasteiger charge is 2.49. The molecule has 0 radical (unpaired) electrons. The van der Waals surface area contributed by atoms with Crippen molar-refractivity contribution in [2.24, 2.45) is 47.3 Å². The summed E-state index contributed by atoms with van der Waals surface area (Å²) in [7, 11) is 0. The van der Waals surface area contributed by atoms with Crippen molar-refractivity contribution in [1.29, 1.82) is 0 Å². The van der Waals surface area contributed by atoms with E-state index in [0.717, 1.165) is 0 Å². The maximum atomic E-state index is 11.3. The van der Waals surface area contributed by atoms with E-state index in [-0.39, 0.29) is 0 Å². The summed E-state index contributed by atoms with van der Waals surface area (Å²) in [6.07, 6.45) is 19.3. The fraction of sp³-hybridized carbons (Fsp3) is 0.500. The minimum absolute atomic E-state index is 0.338. The first-order valence-corrected chi connectivity index (χ1v) is 8.53. The van der Waals surface area contributed by atoms with Crippen LogP contribution in [0.5, 0.6) is 0 Å². The van der Waals surface area contributed by atoms with Gasteiger partial charge in [0.2, 0.25) is 0 Å². The molecule has 4 bridgehead atoms. The summed E-state index contributed by atoms with van der Waals surface area (Å²) in [5.74, 6) is 5.07. The minimum atomic E-state index is 0.338. The summed E-state index contributed by atoms with van der Waals surface area (Å²) in [5.41, 5.74) is 0. The Bertz CT molecular complexity index is 607. The molecular formula is C20H20O2. The van der Waals surface area contributed by atoms with Crippen LogP contribution in [0.3, 0.4) is 0 Å². The van der Waals surface area contributed by atoms with E-state index in [1.54, 1.807) is 12.2 Å². The molecule has 112 valence electrons. The Morgan fingerprint density at radius 1 is 0.591 bits per heavy atom. The number of hydrogen-bond donors (Lipinski definition) is 0. The monoisotopic (exact) mass is 292 g/mol. The van der Waals surface area contributed by atoms with Crippen molar-refractivity contribution in [1.82, 2.24) is 0 Å².